The molecule has 3 nitrogen and oxygen atoms in total. The minimum atomic E-state index is -0.867. The van der Waals surface area contributed by atoms with Gasteiger partial charge in [-0.3, -0.25) is 4.79 Å². The topological polar surface area (TPSA) is 52.3 Å². The third-order valence-corrected chi connectivity index (χ3v) is 3.57. The van der Waals surface area contributed by atoms with Gasteiger partial charge in [0.15, 0.2) is 0 Å². The molecule has 0 saturated carbocycles. The van der Waals surface area contributed by atoms with Crippen LogP contribution in [0.3, 0.4) is 0 Å². The van der Waals surface area contributed by atoms with Crippen molar-refractivity contribution in [2.45, 2.75) is 38.6 Å². The number of methoxy groups -OCH3 is 1. The maximum Gasteiger partial charge on any atom is 0.325 e. The molecule has 0 aliphatic heterocycles. The first-order chi connectivity index (χ1) is 9.53. The Morgan fingerprint density at radius 2 is 1.95 bits per heavy atom. The average molecular weight is 297 g/mol. The molecule has 0 spiro atoms. The zero-order chi connectivity index (χ0) is 16.0. The second-order valence-electron chi connectivity index (χ2n) is 4.25. The molecule has 0 fully saturated rings. The number of carbonyl (C=O) groups excluding carboxylic acids is 1. The summed E-state index contributed by atoms with van der Waals surface area (Å²) in [6, 6.07) is 0. The second kappa shape index (κ2) is 12.8. The number of rotatable bonds is 8. The van der Waals surface area contributed by atoms with Crippen molar-refractivity contribution in [2.75, 3.05) is 19.1 Å². The Morgan fingerprint density at radius 1 is 1.35 bits per heavy atom. The van der Waals surface area contributed by atoms with E-state index in [0.717, 1.165) is 12.2 Å². The molecule has 0 aromatic carbocycles. The minimum Gasteiger partial charge on any atom is -0.468 e. The molecule has 4 heteroatoms. The van der Waals surface area contributed by atoms with E-state index in [-0.39, 0.29) is 5.97 Å². The molecule has 0 aliphatic rings. The maximum atomic E-state index is 11.8. The first-order valence-corrected chi connectivity index (χ1v) is 7.91. The fourth-order valence-electron chi connectivity index (χ4n) is 1.72. The van der Waals surface area contributed by atoms with Crippen molar-refractivity contribution in [1.29, 1.82) is 0 Å². The summed E-state index contributed by atoms with van der Waals surface area (Å²) in [5, 5.41) is 0. The van der Waals surface area contributed by atoms with Crippen molar-refractivity contribution in [3.8, 4) is 12.8 Å². The summed E-state index contributed by atoms with van der Waals surface area (Å²) in [6.45, 7) is 3.97. The van der Waals surface area contributed by atoms with Gasteiger partial charge in [0.05, 0.1) is 7.11 Å². The summed E-state index contributed by atoms with van der Waals surface area (Å²) in [6.07, 6.45) is 18.2. The van der Waals surface area contributed by atoms with Crippen molar-refractivity contribution >= 4 is 17.7 Å². The van der Waals surface area contributed by atoms with E-state index in [0.29, 0.717) is 12.8 Å². The fraction of sp³-hybridized carbons (Fsp3) is 0.562. The number of hydrogen-bond donors (Lipinski definition) is 1. The van der Waals surface area contributed by atoms with Gasteiger partial charge >= 0.3 is 5.97 Å². The van der Waals surface area contributed by atoms with Crippen molar-refractivity contribution in [1.82, 2.24) is 0 Å². The Labute approximate surface area is 128 Å². The number of carbonyl (C=O) groups is 1. The van der Waals surface area contributed by atoms with Crippen LogP contribution in [0.1, 0.15) is 33.1 Å². The quantitative estimate of drug-likeness (QED) is 0.425. The molecule has 0 aliphatic carbocycles. The van der Waals surface area contributed by atoms with Crippen molar-refractivity contribution in [2.24, 2.45) is 5.73 Å². The standard InChI is InChI=1S/C14H25NO2S.C2H2/c1-5-7-12(6-2)8-9-14(15,10-11-18-4)13(16)17-3;1-2/h5-7H,8-11,15H2,1-4H3;1-2H/b7-5-,12-6+;. The largest absolute Gasteiger partial charge is 0.468 e. The van der Waals surface area contributed by atoms with Crippen molar-refractivity contribution in [3.05, 3.63) is 23.8 Å². The Kier molecular flexibility index (Phi) is 13.6. The van der Waals surface area contributed by atoms with Gasteiger partial charge in [-0.1, -0.05) is 23.8 Å². The monoisotopic (exact) mass is 297 g/mol. The highest BCUT2D eigenvalue weighted by atomic mass is 32.2. The van der Waals surface area contributed by atoms with Crippen LogP contribution in [0.4, 0.5) is 0 Å². The van der Waals surface area contributed by atoms with E-state index >= 15 is 0 Å². The predicted octanol–water partition coefficient (Wildman–Crippen LogP) is 3.16. The number of nitrogens with two attached hydrogens (primary N) is 1. The van der Waals surface area contributed by atoms with Crippen LogP contribution in [0, 0.1) is 12.8 Å². The average Bonchev–Trinajstić information content (AvgIpc) is 2.50. The third-order valence-electron chi connectivity index (χ3n) is 2.96. The van der Waals surface area contributed by atoms with E-state index in [4.69, 9.17) is 10.5 Å². The van der Waals surface area contributed by atoms with E-state index in [2.05, 4.69) is 12.8 Å². The Hall–Kier alpha value is -1.18. The van der Waals surface area contributed by atoms with Gasteiger partial charge < -0.3 is 10.5 Å². The molecule has 1 unspecified atom stereocenters. The normalized spacial score (nSPS) is 14.2. The molecule has 1 atom stereocenters. The zero-order valence-corrected chi connectivity index (χ0v) is 13.8. The molecule has 20 heavy (non-hydrogen) atoms. The Balaban J connectivity index is 0. The van der Waals surface area contributed by atoms with Gasteiger partial charge in [0.2, 0.25) is 0 Å². The van der Waals surface area contributed by atoms with Crippen LogP contribution in [0.25, 0.3) is 0 Å². The lowest BCUT2D eigenvalue weighted by Crippen LogP contribution is -2.49. The van der Waals surface area contributed by atoms with Crippen LogP contribution in [0.2, 0.25) is 0 Å². The van der Waals surface area contributed by atoms with Gasteiger partial charge in [-0.15, -0.1) is 12.8 Å². The molecule has 0 aromatic rings. The second-order valence-corrected chi connectivity index (χ2v) is 5.24. The lowest BCUT2D eigenvalue weighted by atomic mass is 9.89. The van der Waals surface area contributed by atoms with Gasteiger partial charge in [-0.05, 0) is 45.1 Å². The molecular formula is C16H27NO2S. The maximum absolute atomic E-state index is 11.8. The van der Waals surface area contributed by atoms with Crippen LogP contribution < -0.4 is 5.73 Å². The first-order valence-electron chi connectivity index (χ1n) is 6.51. The predicted molar refractivity (Wildman–Crippen MR) is 89.6 cm³/mol. The molecule has 2 N–H and O–H groups in total. The van der Waals surface area contributed by atoms with Crippen LogP contribution in [0.5, 0.6) is 0 Å². The summed E-state index contributed by atoms with van der Waals surface area (Å²) < 4.78 is 4.83. The van der Waals surface area contributed by atoms with Gasteiger partial charge in [0.25, 0.3) is 0 Å². The van der Waals surface area contributed by atoms with E-state index in [9.17, 15) is 4.79 Å². The highest BCUT2D eigenvalue weighted by molar-refractivity contribution is 7.98. The van der Waals surface area contributed by atoms with Gasteiger partial charge in [-0.25, -0.2) is 0 Å². The summed E-state index contributed by atoms with van der Waals surface area (Å²) >= 11 is 1.69. The van der Waals surface area contributed by atoms with Crippen molar-refractivity contribution < 1.29 is 9.53 Å². The number of esters is 1. The summed E-state index contributed by atoms with van der Waals surface area (Å²) in [4.78, 5) is 11.8. The Morgan fingerprint density at radius 3 is 2.35 bits per heavy atom. The van der Waals surface area contributed by atoms with E-state index in [1.165, 1.54) is 12.7 Å². The molecule has 0 saturated heterocycles. The SMILES string of the molecule is C#C.C/C=C\C(=C/C)CCC(N)(CCSC)C(=O)OC. The molecular weight excluding hydrogens is 270 g/mol. The van der Waals surface area contributed by atoms with E-state index in [1.807, 2.05) is 38.3 Å². The molecule has 0 radical (unpaired) electrons. The number of hydrogen-bond acceptors (Lipinski definition) is 4. The lowest BCUT2D eigenvalue weighted by Gasteiger charge is -2.26. The van der Waals surface area contributed by atoms with Crippen LogP contribution in [-0.2, 0) is 9.53 Å². The molecule has 0 aromatic heterocycles. The molecule has 0 rings (SSSR count). The smallest absolute Gasteiger partial charge is 0.325 e. The van der Waals surface area contributed by atoms with Crippen LogP contribution in [-0.4, -0.2) is 30.6 Å². The summed E-state index contributed by atoms with van der Waals surface area (Å²) in [7, 11) is 1.39. The zero-order valence-electron chi connectivity index (χ0n) is 13.0. The summed E-state index contributed by atoms with van der Waals surface area (Å²) in [5.41, 5.74) is 6.53. The van der Waals surface area contributed by atoms with Crippen molar-refractivity contribution in [3.63, 3.8) is 0 Å². The first kappa shape index (κ1) is 21.1. The number of thioether (sulfide) groups is 1. The lowest BCUT2D eigenvalue weighted by molar-refractivity contribution is -0.147. The number of ether oxygens (including phenoxy) is 1. The van der Waals surface area contributed by atoms with E-state index in [1.54, 1.807) is 11.8 Å². The van der Waals surface area contributed by atoms with Crippen LogP contribution >= 0.6 is 11.8 Å². The molecule has 0 heterocycles. The fourth-order valence-corrected chi connectivity index (χ4v) is 2.29. The minimum absolute atomic E-state index is 0.313. The Bertz CT molecular complexity index is 348. The highest BCUT2D eigenvalue weighted by Gasteiger charge is 2.34. The third kappa shape index (κ3) is 8.08. The highest BCUT2D eigenvalue weighted by Crippen LogP contribution is 2.22. The number of allylic oxidation sites excluding steroid dienone is 4. The van der Waals surface area contributed by atoms with Gasteiger partial charge in [-0.2, -0.15) is 11.8 Å². The molecule has 0 bridgehead atoms. The van der Waals surface area contributed by atoms with Gasteiger partial charge in [0, 0.05) is 0 Å². The van der Waals surface area contributed by atoms with E-state index < -0.39 is 5.54 Å². The van der Waals surface area contributed by atoms with Gasteiger partial charge in [0.1, 0.15) is 5.54 Å². The number of terminal acetylenes is 1. The summed E-state index contributed by atoms with van der Waals surface area (Å²) in [5.74, 6) is 0.549. The van der Waals surface area contributed by atoms with Crippen LogP contribution in [0.15, 0.2) is 23.8 Å². The molecule has 114 valence electrons. The molecule has 0 amide bonds.